The Balaban J connectivity index is 1.78. The molecule has 0 radical (unpaired) electrons. The molecule has 2 aromatic carbocycles. The van der Waals surface area contributed by atoms with E-state index in [0.29, 0.717) is 17.0 Å². The summed E-state index contributed by atoms with van der Waals surface area (Å²) in [6.45, 7) is 7.65. The van der Waals surface area contributed by atoms with Gasteiger partial charge in [-0.2, -0.15) is 20.1 Å². The van der Waals surface area contributed by atoms with Crippen LogP contribution < -0.4 is 0 Å². The number of nitriles is 1. The first kappa shape index (κ1) is 19.3. The van der Waals surface area contributed by atoms with Crippen LogP contribution in [0.5, 0.6) is 5.88 Å². The van der Waals surface area contributed by atoms with Crippen LogP contribution in [0.3, 0.4) is 0 Å². The van der Waals surface area contributed by atoms with Gasteiger partial charge in [0.25, 0.3) is 0 Å². The van der Waals surface area contributed by atoms with Gasteiger partial charge in [-0.1, -0.05) is 57.2 Å². The lowest BCUT2D eigenvalue weighted by molar-refractivity contribution is 0.435. The first-order chi connectivity index (χ1) is 14.3. The zero-order valence-corrected chi connectivity index (χ0v) is 17.2. The van der Waals surface area contributed by atoms with Crippen molar-refractivity contribution in [2.24, 2.45) is 10.2 Å². The van der Waals surface area contributed by atoms with Gasteiger partial charge in [-0.05, 0) is 18.4 Å². The lowest BCUT2D eigenvalue weighted by Gasteiger charge is -2.14. The number of aryl methyl sites for hydroxylation is 1. The maximum absolute atomic E-state index is 10.8. The van der Waals surface area contributed by atoms with Crippen molar-refractivity contribution < 1.29 is 5.11 Å². The number of nitrogens with zero attached hydrogens (tertiary/aromatic N) is 6. The smallest absolute Gasteiger partial charge is 0.243 e. The fourth-order valence-electron chi connectivity index (χ4n) is 3.34. The number of fused-ring (bicyclic) bond motifs is 1. The number of benzene rings is 2. The van der Waals surface area contributed by atoms with Crippen molar-refractivity contribution in [3.63, 3.8) is 0 Å². The summed E-state index contributed by atoms with van der Waals surface area (Å²) in [5, 5.41) is 42.1. The lowest BCUT2D eigenvalue weighted by atomic mass is 9.90. The van der Waals surface area contributed by atoms with Crippen LogP contribution in [0.25, 0.3) is 16.5 Å². The second-order valence-corrected chi connectivity index (χ2v) is 8.03. The zero-order valence-electron chi connectivity index (χ0n) is 17.2. The number of aromatic nitrogens is 4. The summed E-state index contributed by atoms with van der Waals surface area (Å²) in [6.07, 6.45) is 0. The van der Waals surface area contributed by atoms with Crippen molar-refractivity contribution in [2.45, 2.75) is 33.1 Å². The molecule has 0 aliphatic carbocycles. The second kappa shape index (κ2) is 7.12. The highest BCUT2D eigenvalue weighted by Gasteiger charge is 2.25. The summed E-state index contributed by atoms with van der Waals surface area (Å²) in [5.74, 6) is 0.126. The number of aromatic hydroxyl groups is 1. The molecular formula is C22H21N7O. The molecule has 0 aliphatic heterocycles. The average molecular weight is 399 g/mol. The number of hydrogen-bond donors (Lipinski definition) is 2. The van der Waals surface area contributed by atoms with Crippen molar-refractivity contribution in [3.8, 4) is 17.6 Å². The van der Waals surface area contributed by atoms with Crippen LogP contribution in [-0.4, -0.2) is 25.1 Å². The summed E-state index contributed by atoms with van der Waals surface area (Å²) in [5.41, 5.74) is 2.13. The highest BCUT2D eigenvalue weighted by molar-refractivity contribution is 5.90. The molecule has 0 atom stereocenters. The Morgan fingerprint density at radius 2 is 1.83 bits per heavy atom. The molecule has 0 fully saturated rings. The molecule has 0 saturated carbocycles. The van der Waals surface area contributed by atoms with Crippen LogP contribution in [0.4, 0.5) is 11.5 Å². The Morgan fingerprint density at radius 3 is 2.57 bits per heavy atom. The van der Waals surface area contributed by atoms with E-state index in [-0.39, 0.29) is 22.8 Å². The van der Waals surface area contributed by atoms with Gasteiger partial charge in [-0.3, -0.25) is 5.10 Å². The van der Waals surface area contributed by atoms with Crippen molar-refractivity contribution in [3.05, 3.63) is 59.4 Å². The minimum absolute atomic E-state index is 0.123. The molecule has 0 unspecified atom stereocenters. The highest BCUT2D eigenvalue weighted by atomic mass is 16.3. The van der Waals surface area contributed by atoms with Crippen molar-refractivity contribution in [2.75, 3.05) is 0 Å². The molecule has 0 saturated heterocycles. The minimum atomic E-state index is -0.313. The van der Waals surface area contributed by atoms with E-state index in [9.17, 15) is 10.4 Å². The molecular weight excluding hydrogens is 378 g/mol. The van der Waals surface area contributed by atoms with Gasteiger partial charge < -0.3 is 5.11 Å². The quantitative estimate of drug-likeness (QED) is 0.452. The third-order valence-electron chi connectivity index (χ3n) is 4.82. The molecule has 0 spiro atoms. The maximum Gasteiger partial charge on any atom is 0.243 e. The Hall–Kier alpha value is -3.99. The van der Waals surface area contributed by atoms with E-state index < -0.39 is 0 Å². The predicted octanol–water partition coefficient (Wildman–Crippen LogP) is 5.35. The molecule has 8 heteroatoms. The summed E-state index contributed by atoms with van der Waals surface area (Å²) < 4.78 is 1.45. The van der Waals surface area contributed by atoms with E-state index in [2.05, 4.69) is 31.6 Å². The fourth-order valence-corrected chi connectivity index (χ4v) is 3.34. The molecule has 4 aromatic rings. The third-order valence-corrected chi connectivity index (χ3v) is 4.82. The lowest BCUT2D eigenvalue weighted by Crippen LogP contribution is -2.13. The molecule has 2 aromatic heterocycles. The van der Waals surface area contributed by atoms with E-state index >= 15 is 0 Å². The first-order valence-electron chi connectivity index (χ1n) is 9.48. The molecule has 4 rings (SSSR count). The van der Waals surface area contributed by atoms with Gasteiger partial charge in [0.15, 0.2) is 11.5 Å². The Morgan fingerprint density at radius 1 is 1.10 bits per heavy atom. The predicted molar refractivity (Wildman–Crippen MR) is 114 cm³/mol. The largest absolute Gasteiger partial charge is 0.492 e. The van der Waals surface area contributed by atoms with Crippen LogP contribution in [-0.2, 0) is 5.41 Å². The summed E-state index contributed by atoms with van der Waals surface area (Å²) >= 11 is 0. The number of H-pyrrole nitrogens is 1. The van der Waals surface area contributed by atoms with E-state index in [0.717, 1.165) is 16.5 Å². The van der Waals surface area contributed by atoms with Gasteiger partial charge >= 0.3 is 0 Å². The molecule has 2 N–H and O–H groups in total. The van der Waals surface area contributed by atoms with Crippen LogP contribution in [0, 0.1) is 18.3 Å². The number of aromatic amines is 1. The number of hydrogen-bond acceptors (Lipinski definition) is 6. The van der Waals surface area contributed by atoms with E-state index in [4.69, 9.17) is 0 Å². The van der Waals surface area contributed by atoms with Crippen molar-refractivity contribution in [1.82, 2.24) is 20.0 Å². The Bertz CT molecular complexity index is 1310. The topological polar surface area (TPSA) is 115 Å². The Kier molecular flexibility index (Phi) is 4.59. The number of rotatable bonds is 3. The van der Waals surface area contributed by atoms with Crippen LogP contribution in [0.2, 0.25) is 0 Å². The molecule has 150 valence electrons. The van der Waals surface area contributed by atoms with Crippen molar-refractivity contribution >= 4 is 22.3 Å². The molecule has 0 aliphatic rings. The van der Waals surface area contributed by atoms with Crippen LogP contribution in [0.1, 0.15) is 37.7 Å². The van der Waals surface area contributed by atoms with Gasteiger partial charge in [0.2, 0.25) is 5.88 Å². The van der Waals surface area contributed by atoms with Gasteiger partial charge in [-0.15, -0.1) is 10.2 Å². The first-order valence-corrected chi connectivity index (χ1v) is 9.48. The van der Waals surface area contributed by atoms with Gasteiger partial charge in [0.05, 0.1) is 17.1 Å². The van der Waals surface area contributed by atoms with Gasteiger partial charge in [-0.25, -0.2) is 0 Å². The van der Waals surface area contributed by atoms with E-state index in [1.165, 1.54) is 4.68 Å². The third kappa shape index (κ3) is 3.20. The highest BCUT2D eigenvalue weighted by Crippen LogP contribution is 2.36. The van der Waals surface area contributed by atoms with Gasteiger partial charge in [0.1, 0.15) is 11.6 Å². The minimum Gasteiger partial charge on any atom is -0.492 e. The normalized spacial score (nSPS) is 12.0. The molecule has 0 bridgehead atoms. The SMILES string of the molecule is Cc1nn(-c2cccc3ccccc23)c(O)c1/N=N/c1[nH]nc(C(C)(C)C)c1C#N. The van der Waals surface area contributed by atoms with Crippen LogP contribution in [0.15, 0.2) is 52.7 Å². The van der Waals surface area contributed by atoms with Gasteiger partial charge in [0, 0.05) is 10.8 Å². The van der Waals surface area contributed by atoms with E-state index in [1.807, 2.05) is 63.2 Å². The Labute approximate surface area is 173 Å². The summed E-state index contributed by atoms with van der Waals surface area (Å²) in [4.78, 5) is 0. The number of azo groups is 1. The molecule has 30 heavy (non-hydrogen) atoms. The zero-order chi connectivity index (χ0) is 21.5. The maximum atomic E-state index is 10.8. The van der Waals surface area contributed by atoms with Crippen molar-refractivity contribution in [1.29, 1.82) is 5.26 Å². The monoisotopic (exact) mass is 399 g/mol. The molecule has 0 amide bonds. The number of nitrogens with one attached hydrogen (secondary N) is 1. The summed E-state index contributed by atoms with van der Waals surface area (Å²) in [7, 11) is 0. The standard InChI is InChI=1S/C22H21N7O/c1-13-18(24-26-20-16(12-23)19(25-27-20)22(2,3)4)21(30)29(28-13)17-11-7-9-14-8-5-6-10-15(14)17/h5-11,30H,1-4H3,(H,25,27)/b26-24+. The second-order valence-electron chi connectivity index (χ2n) is 8.03. The molecule has 2 heterocycles. The fraction of sp³-hybridized carbons (Fsp3) is 0.227. The average Bonchev–Trinajstić information content (AvgIpc) is 3.26. The summed E-state index contributed by atoms with van der Waals surface area (Å²) in [6, 6.07) is 15.8. The molecule has 8 nitrogen and oxygen atoms in total. The van der Waals surface area contributed by atoms with Crippen LogP contribution >= 0.6 is 0 Å². The van der Waals surface area contributed by atoms with E-state index in [1.54, 1.807) is 6.92 Å².